The van der Waals surface area contributed by atoms with Crippen LogP contribution >= 0.6 is 0 Å². The number of amides is 1. The highest BCUT2D eigenvalue weighted by molar-refractivity contribution is 5.65. The van der Waals surface area contributed by atoms with Crippen molar-refractivity contribution in [1.82, 2.24) is 10.2 Å². The van der Waals surface area contributed by atoms with Gasteiger partial charge >= 0.3 is 6.09 Å². The average molecular weight is 280 g/mol. The molecule has 3 N–H and O–H groups in total. The molecule has 2 rings (SSSR count). The minimum Gasteiger partial charge on any atom is -0.465 e. The fourth-order valence-corrected chi connectivity index (χ4v) is 2.35. The summed E-state index contributed by atoms with van der Waals surface area (Å²) in [4.78, 5) is 12.8. The van der Waals surface area contributed by atoms with Crippen molar-refractivity contribution in [3.8, 4) is 0 Å². The van der Waals surface area contributed by atoms with E-state index in [1.807, 2.05) is 35.2 Å². The van der Waals surface area contributed by atoms with Crippen LogP contribution in [0.5, 0.6) is 0 Å². The highest BCUT2D eigenvalue weighted by Crippen LogP contribution is 2.11. The predicted molar refractivity (Wildman–Crippen MR) is 73.5 cm³/mol. The molecule has 0 aliphatic carbocycles. The van der Waals surface area contributed by atoms with E-state index in [-0.39, 0.29) is 0 Å². The first kappa shape index (κ1) is 14.8. The van der Waals surface area contributed by atoms with E-state index in [0.717, 1.165) is 5.56 Å². The SMILES string of the molecule is O=C(O)NC(Cc1ccccc1)C(O)N1CCOCC1. The summed E-state index contributed by atoms with van der Waals surface area (Å²) < 4.78 is 5.24. The minimum atomic E-state index is -1.13. The number of carbonyl (C=O) groups is 1. The lowest BCUT2D eigenvalue weighted by molar-refractivity contribution is -0.0734. The Balaban J connectivity index is 2.03. The maximum atomic E-state index is 10.9. The van der Waals surface area contributed by atoms with Crippen molar-refractivity contribution in [2.24, 2.45) is 0 Å². The molecule has 1 aromatic rings. The number of carboxylic acid groups (broad SMARTS) is 1. The lowest BCUT2D eigenvalue weighted by Crippen LogP contribution is -2.55. The highest BCUT2D eigenvalue weighted by atomic mass is 16.5. The first-order valence-electron chi connectivity index (χ1n) is 6.70. The molecule has 2 atom stereocenters. The molecule has 0 aromatic heterocycles. The second-order valence-corrected chi connectivity index (χ2v) is 4.81. The van der Waals surface area contributed by atoms with Gasteiger partial charge in [0.05, 0.1) is 19.3 Å². The molecular weight excluding hydrogens is 260 g/mol. The molecule has 0 spiro atoms. The standard InChI is InChI=1S/C14H20N2O4/c17-13(16-6-8-20-9-7-16)12(15-14(18)19)10-11-4-2-1-3-5-11/h1-5,12-13,15,17H,6-10H2,(H,18,19). The van der Waals surface area contributed by atoms with Gasteiger partial charge in [0.2, 0.25) is 0 Å². The Labute approximate surface area is 118 Å². The Bertz CT molecular complexity index is 420. The van der Waals surface area contributed by atoms with Crippen molar-refractivity contribution < 1.29 is 19.7 Å². The van der Waals surface area contributed by atoms with Crippen LogP contribution in [0.15, 0.2) is 30.3 Å². The van der Waals surface area contributed by atoms with Crippen molar-refractivity contribution in [1.29, 1.82) is 0 Å². The Morgan fingerprint density at radius 3 is 2.55 bits per heavy atom. The van der Waals surface area contributed by atoms with E-state index in [4.69, 9.17) is 9.84 Å². The van der Waals surface area contributed by atoms with Gasteiger partial charge in [0, 0.05) is 13.1 Å². The summed E-state index contributed by atoms with van der Waals surface area (Å²) in [6.07, 6.45) is -1.53. The fraction of sp³-hybridized carbons (Fsp3) is 0.500. The van der Waals surface area contributed by atoms with Gasteiger partial charge in [-0.25, -0.2) is 4.79 Å². The second-order valence-electron chi connectivity index (χ2n) is 4.81. The number of ether oxygens (including phenoxy) is 1. The fourth-order valence-electron chi connectivity index (χ4n) is 2.35. The van der Waals surface area contributed by atoms with Gasteiger partial charge in [0.1, 0.15) is 6.23 Å². The molecule has 1 fully saturated rings. The topological polar surface area (TPSA) is 82.0 Å². The molecule has 0 saturated carbocycles. The molecule has 0 bridgehead atoms. The zero-order valence-corrected chi connectivity index (χ0v) is 11.2. The number of nitrogens with zero attached hydrogens (tertiary/aromatic N) is 1. The van der Waals surface area contributed by atoms with E-state index in [1.165, 1.54) is 0 Å². The number of aliphatic hydroxyl groups excluding tert-OH is 1. The second kappa shape index (κ2) is 7.23. The normalized spacial score (nSPS) is 19.2. The smallest absolute Gasteiger partial charge is 0.405 e. The van der Waals surface area contributed by atoms with Gasteiger partial charge in [-0.3, -0.25) is 4.90 Å². The lowest BCUT2D eigenvalue weighted by Gasteiger charge is -2.35. The Kier molecular flexibility index (Phi) is 5.34. The van der Waals surface area contributed by atoms with Crippen LogP contribution in [0.4, 0.5) is 4.79 Å². The maximum Gasteiger partial charge on any atom is 0.405 e. The number of nitrogens with one attached hydrogen (secondary N) is 1. The minimum absolute atomic E-state index is 0.450. The van der Waals surface area contributed by atoms with Crippen LogP contribution in [0.2, 0.25) is 0 Å². The van der Waals surface area contributed by atoms with Gasteiger partial charge in [-0.2, -0.15) is 0 Å². The van der Waals surface area contributed by atoms with Crippen molar-refractivity contribution in [3.63, 3.8) is 0 Å². The Morgan fingerprint density at radius 1 is 1.30 bits per heavy atom. The van der Waals surface area contributed by atoms with Gasteiger partial charge < -0.3 is 20.3 Å². The van der Waals surface area contributed by atoms with Crippen LogP contribution in [0.3, 0.4) is 0 Å². The number of aliphatic hydroxyl groups is 1. The van der Waals surface area contributed by atoms with E-state index in [9.17, 15) is 9.90 Å². The van der Waals surface area contributed by atoms with Crippen LogP contribution in [0, 0.1) is 0 Å². The summed E-state index contributed by atoms with van der Waals surface area (Å²) >= 11 is 0. The summed E-state index contributed by atoms with van der Waals surface area (Å²) in [7, 11) is 0. The zero-order chi connectivity index (χ0) is 14.4. The first-order valence-corrected chi connectivity index (χ1v) is 6.70. The third kappa shape index (κ3) is 4.19. The molecule has 0 radical (unpaired) electrons. The van der Waals surface area contributed by atoms with Gasteiger partial charge in [-0.15, -0.1) is 0 Å². The van der Waals surface area contributed by atoms with Gasteiger partial charge in [-0.1, -0.05) is 30.3 Å². The quantitative estimate of drug-likeness (QED) is 0.732. The van der Waals surface area contributed by atoms with E-state index < -0.39 is 18.4 Å². The van der Waals surface area contributed by atoms with E-state index >= 15 is 0 Å². The average Bonchev–Trinajstić information content (AvgIpc) is 2.47. The molecule has 1 heterocycles. The Morgan fingerprint density at radius 2 is 1.95 bits per heavy atom. The van der Waals surface area contributed by atoms with Crippen molar-refractivity contribution in [3.05, 3.63) is 35.9 Å². The summed E-state index contributed by atoms with van der Waals surface area (Å²) in [5.41, 5.74) is 0.985. The van der Waals surface area contributed by atoms with Gasteiger partial charge in [0.15, 0.2) is 0 Å². The summed E-state index contributed by atoms with van der Waals surface area (Å²) in [5, 5.41) is 21.7. The third-order valence-corrected chi connectivity index (χ3v) is 3.39. The molecule has 1 saturated heterocycles. The van der Waals surface area contributed by atoms with Crippen molar-refractivity contribution in [2.75, 3.05) is 26.3 Å². The van der Waals surface area contributed by atoms with E-state index in [0.29, 0.717) is 32.7 Å². The summed E-state index contributed by atoms with van der Waals surface area (Å²) in [6.45, 7) is 2.33. The monoisotopic (exact) mass is 280 g/mol. The highest BCUT2D eigenvalue weighted by Gasteiger charge is 2.28. The molecule has 2 unspecified atom stereocenters. The first-order chi connectivity index (χ1) is 9.66. The Hall–Kier alpha value is -1.63. The van der Waals surface area contributed by atoms with Crippen LogP contribution in [0.1, 0.15) is 5.56 Å². The maximum absolute atomic E-state index is 10.9. The van der Waals surface area contributed by atoms with Gasteiger partial charge in [-0.05, 0) is 12.0 Å². The van der Waals surface area contributed by atoms with Crippen LogP contribution in [0.25, 0.3) is 0 Å². The number of benzene rings is 1. The number of hydrogen-bond donors (Lipinski definition) is 3. The molecule has 1 aliphatic rings. The zero-order valence-electron chi connectivity index (χ0n) is 11.2. The molecule has 110 valence electrons. The van der Waals surface area contributed by atoms with E-state index in [1.54, 1.807) is 0 Å². The number of rotatable bonds is 5. The summed E-state index contributed by atoms with van der Waals surface area (Å²) in [6, 6.07) is 8.97. The van der Waals surface area contributed by atoms with E-state index in [2.05, 4.69) is 5.32 Å². The van der Waals surface area contributed by atoms with Crippen molar-refractivity contribution in [2.45, 2.75) is 18.7 Å². The molecule has 6 nitrogen and oxygen atoms in total. The van der Waals surface area contributed by atoms with Gasteiger partial charge in [0.25, 0.3) is 0 Å². The number of morpholine rings is 1. The van der Waals surface area contributed by atoms with Crippen LogP contribution in [-0.2, 0) is 11.2 Å². The predicted octanol–water partition coefficient (Wildman–Crippen LogP) is 0.516. The molecule has 1 aliphatic heterocycles. The summed E-state index contributed by atoms with van der Waals surface area (Å²) in [5.74, 6) is 0. The third-order valence-electron chi connectivity index (χ3n) is 3.39. The molecule has 1 amide bonds. The number of hydrogen-bond acceptors (Lipinski definition) is 4. The van der Waals surface area contributed by atoms with Crippen LogP contribution < -0.4 is 5.32 Å². The lowest BCUT2D eigenvalue weighted by atomic mass is 10.0. The largest absolute Gasteiger partial charge is 0.465 e. The molecule has 6 heteroatoms. The van der Waals surface area contributed by atoms with Crippen LogP contribution in [-0.4, -0.2) is 59.8 Å². The molecular formula is C14H20N2O4. The molecule has 20 heavy (non-hydrogen) atoms. The molecule has 1 aromatic carbocycles. The van der Waals surface area contributed by atoms with Crippen molar-refractivity contribution >= 4 is 6.09 Å².